The topological polar surface area (TPSA) is 63.1 Å². The van der Waals surface area contributed by atoms with E-state index in [1.807, 2.05) is 0 Å². The zero-order valence-electron chi connectivity index (χ0n) is 14.9. The predicted molar refractivity (Wildman–Crippen MR) is 92.2 cm³/mol. The number of likely N-dealkylation sites (tertiary alicyclic amines) is 1. The van der Waals surface area contributed by atoms with E-state index in [1.54, 1.807) is 11.0 Å². The number of rotatable bonds is 2. The lowest BCUT2D eigenvalue weighted by atomic mass is 9.85. The Hall–Kier alpha value is -2.65. The van der Waals surface area contributed by atoms with Gasteiger partial charge in [-0.1, -0.05) is 12.1 Å². The summed E-state index contributed by atoms with van der Waals surface area (Å²) in [6.07, 6.45) is -2.36. The number of carbonyl (C=O) groups is 1. The molecule has 2 aromatic rings. The first-order valence-electron chi connectivity index (χ1n) is 9.11. The molecule has 4 rings (SSSR count). The van der Waals surface area contributed by atoms with Crippen molar-refractivity contribution in [2.45, 2.75) is 37.5 Å². The average molecular weight is 397 g/mol. The first-order valence-corrected chi connectivity index (χ1v) is 9.11. The van der Waals surface area contributed by atoms with Crippen LogP contribution in [0.3, 0.4) is 0 Å². The molecular weight excluding hydrogens is 378 g/mol. The summed E-state index contributed by atoms with van der Waals surface area (Å²) in [5.74, 6) is -0.889. The van der Waals surface area contributed by atoms with Crippen LogP contribution in [0.25, 0.3) is 0 Å². The number of nitrogens with one attached hydrogen (secondary N) is 1. The van der Waals surface area contributed by atoms with E-state index in [0.29, 0.717) is 25.9 Å². The highest BCUT2D eigenvalue weighted by Gasteiger charge is 2.48. The van der Waals surface area contributed by atoms with Crippen LogP contribution in [0.2, 0.25) is 0 Å². The van der Waals surface area contributed by atoms with Crippen molar-refractivity contribution in [3.63, 3.8) is 0 Å². The summed E-state index contributed by atoms with van der Waals surface area (Å²) in [5.41, 5.74) is 0.0157. The maximum absolute atomic E-state index is 13.8. The van der Waals surface area contributed by atoms with E-state index < -0.39 is 24.1 Å². The third-order valence-electron chi connectivity index (χ3n) is 5.54. The van der Waals surface area contributed by atoms with Gasteiger partial charge in [-0.15, -0.1) is 0 Å². The van der Waals surface area contributed by atoms with Gasteiger partial charge in [-0.25, -0.2) is 9.07 Å². The molecule has 3 heterocycles. The lowest BCUT2D eigenvalue weighted by molar-refractivity contribution is -0.174. The van der Waals surface area contributed by atoms with Gasteiger partial charge in [0, 0.05) is 19.1 Å². The van der Waals surface area contributed by atoms with Crippen LogP contribution in [0.1, 0.15) is 35.7 Å². The fraction of sp³-hybridized carbons (Fsp3) is 0.500. The second kappa shape index (κ2) is 7.06. The second-order valence-corrected chi connectivity index (χ2v) is 7.18. The number of nitrogens with zero attached hydrogens (tertiary/aromatic N) is 4. The van der Waals surface area contributed by atoms with Crippen molar-refractivity contribution in [1.29, 1.82) is 0 Å². The van der Waals surface area contributed by atoms with Crippen LogP contribution < -0.4 is 5.32 Å². The minimum Gasteiger partial charge on any atom is -0.351 e. The highest BCUT2D eigenvalue weighted by molar-refractivity contribution is 5.94. The highest BCUT2D eigenvalue weighted by Crippen LogP contribution is 2.41. The molecule has 10 heteroatoms. The molecule has 2 atom stereocenters. The molecule has 1 fully saturated rings. The molecule has 150 valence electrons. The van der Waals surface area contributed by atoms with Crippen LogP contribution in [0, 0.1) is 11.7 Å². The van der Waals surface area contributed by atoms with Gasteiger partial charge in [0.05, 0.1) is 5.56 Å². The van der Waals surface area contributed by atoms with E-state index in [0.717, 1.165) is 11.0 Å². The van der Waals surface area contributed by atoms with Crippen molar-refractivity contribution in [2.75, 3.05) is 18.4 Å². The molecule has 1 aromatic heterocycles. The summed E-state index contributed by atoms with van der Waals surface area (Å²) in [6.45, 7) is 0.749. The van der Waals surface area contributed by atoms with E-state index in [9.17, 15) is 22.4 Å². The monoisotopic (exact) mass is 397 g/mol. The molecule has 1 N–H and O–H groups in total. The van der Waals surface area contributed by atoms with Gasteiger partial charge in [0.1, 0.15) is 12.1 Å². The third-order valence-corrected chi connectivity index (χ3v) is 5.54. The quantitative estimate of drug-likeness (QED) is 0.791. The molecule has 6 nitrogen and oxygen atoms in total. The molecule has 0 radical (unpaired) electrons. The molecule has 0 unspecified atom stereocenters. The summed E-state index contributed by atoms with van der Waals surface area (Å²) < 4.78 is 55.0. The van der Waals surface area contributed by atoms with Gasteiger partial charge < -0.3 is 10.2 Å². The van der Waals surface area contributed by atoms with E-state index in [4.69, 9.17) is 0 Å². The van der Waals surface area contributed by atoms with Crippen LogP contribution in [0.4, 0.5) is 23.5 Å². The van der Waals surface area contributed by atoms with Gasteiger partial charge in [-0.3, -0.25) is 4.79 Å². The maximum atomic E-state index is 13.8. The molecule has 0 aliphatic carbocycles. The number of hydrogen-bond acceptors (Lipinski definition) is 4. The smallest absolute Gasteiger partial charge is 0.351 e. The van der Waals surface area contributed by atoms with Crippen LogP contribution in [0.15, 0.2) is 30.6 Å². The highest BCUT2D eigenvalue weighted by atomic mass is 19.4. The number of amides is 1. The Morgan fingerprint density at radius 3 is 2.57 bits per heavy atom. The van der Waals surface area contributed by atoms with Gasteiger partial charge in [0.15, 0.2) is 6.04 Å². The van der Waals surface area contributed by atoms with Crippen molar-refractivity contribution in [2.24, 2.45) is 5.92 Å². The fourth-order valence-electron chi connectivity index (χ4n) is 4.04. The number of alkyl halides is 3. The molecule has 0 saturated carbocycles. The first kappa shape index (κ1) is 18.7. The minimum atomic E-state index is -4.41. The summed E-state index contributed by atoms with van der Waals surface area (Å²) >= 11 is 0. The number of benzene rings is 1. The number of anilines is 1. The lowest BCUT2D eigenvalue weighted by Gasteiger charge is -2.40. The zero-order valence-corrected chi connectivity index (χ0v) is 14.9. The summed E-state index contributed by atoms with van der Waals surface area (Å²) in [6, 6.07) is 3.67. The molecule has 1 amide bonds. The van der Waals surface area contributed by atoms with E-state index in [-0.39, 0.29) is 29.8 Å². The van der Waals surface area contributed by atoms with Crippen LogP contribution >= 0.6 is 0 Å². The number of hydrogen-bond donors (Lipinski definition) is 1. The van der Waals surface area contributed by atoms with Crippen molar-refractivity contribution < 1.29 is 22.4 Å². The molecule has 0 spiro atoms. The molecule has 0 bridgehead atoms. The van der Waals surface area contributed by atoms with Crippen LogP contribution in [-0.4, -0.2) is 50.9 Å². The number of aromatic nitrogens is 3. The van der Waals surface area contributed by atoms with Crippen molar-refractivity contribution >= 4 is 11.9 Å². The number of piperidine rings is 1. The Morgan fingerprint density at radius 2 is 1.89 bits per heavy atom. The van der Waals surface area contributed by atoms with Crippen molar-refractivity contribution in [3.8, 4) is 0 Å². The SMILES string of the molecule is O=C(c1ccccc1F)N1CCC([C@@H]2C[C@H](C(F)(F)F)n3ncnc3N2)CC1. The van der Waals surface area contributed by atoms with Crippen LogP contribution in [-0.2, 0) is 0 Å². The Labute approximate surface area is 158 Å². The molecular formula is C18H19F4N5O. The van der Waals surface area contributed by atoms with Crippen molar-refractivity contribution in [3.05, 3.63) is 42.0 Å². The van der Waals surface area contributed by atoms with Gasteiger partial charge in [-0.05, 0) is 37.3 Å². The standard InChI is InChI=1S/C18H19F4N5O/c19-13-4-2-1-3-12(13)16(28)26-7-5-11(6-8-26)14-9-15(18(20,21)22)27-17(25-14)23-10-24-27/h1-4,10-11,14-15H,5-9H2,(H,23,24,25)/t14-,15+/m0/s1. The normalized spacial score (nSPS) is 23.2. The fourth-order valence-corrected chi connectivity index (χ4v) is 4.04. The Bertz CT molecular complexity index is 860. The molecule has 28 heavy (non-hydrogen) atoms. The second-order valence-electron chi connectivity index (χ2n) is 7.18. The zero-order chi connectivity index (χ0) is 19.9. The Morgan fingerprint density at radius 1 is 1.18 bits per heavy atom. The Kier molecular flexibility index (Phi) is 4.72. The number of fused-ring (bicyclic) bond motifs is 1. The van der Waals surface area contributed by atoms with Crippen LogP contribution in [0.5, 0.6) is 0 Å². The van der Waals surface area contributed by atoms with Gasteiger partial charge in [0.25, 0.3) is 5.91 Å². The molecule has 2 aliphatic rings. The minimum absolute atomic E-state index is 0.0157. The van der Waals surface area contributed by atoms with Crippen molar-refractivity contribution in [1.82, 2.24) is 19.7 Å². The molecule has 2 aliphatic heterocycles. The summed E-state index contributed by atoms with van der Waals surface area (Å²) in [5, 5.41) is 6.76. The van der Waals surface area contributed by atoms with E-state index in [1.165, 1.54) is 18.2 Å². The Balaban J connectivity index is 1.43. The van der Waals surface area contributed by atoms with Gasteiger partial charge in [-0.2, -0.15) is 23.3 Å². The number of carbonyl (C=O) groups excluding carboxylic acids is 1. The average Bonchev–Trinajstić information content (AvgIpc) is 3.15. The maximum Gasteiger partial charge on any atom is 0.411 e. The number of halogens is 4. The summed E-state index contributed by atoms with van der Waals surface area (Å²) in [7, 11) is 0. The third kappa shape index (κ3) is 3.43. The summed E-state index contributed by atoms with van der Waals surface area (Å²) in [4.78, 5) is 18.0. The van der Waals surface area contributed by atoms with E-state index >= 15 is 0 Å². The van der Waals surface area contributed by atoms with E-state index in [2.05, 4.69) is 15.4 Å². The molecule has 1 aromatic carbocycles. The first-order chi connectivity index (χ1) is 13.3. The largest absolute Gasteiger partial charge is 0.411 e. The molecule has 1 saturated heterocycles. The van der Waals surface area contributed by atoms with Gasteiger partial charge in [0.2, 0.25) is 5.95 Å². The lowest BCUT2D eigenvalue weighted by Crippen LogP contribution is -2.47. The van der Waals surface area contributed by atoms with Gasteiger partial charge >= 0.3 is 6.18 Å². The predicted octanol–water partition coefficient (Wildman–Crippen LogP) is 3.26.